The maximum absolute atomic E-state index is 13.9. The van der Waals surface area contributed by atoms with Crippen molar-refractivity contribution in [3.63, 3.8) is 0 Å². The minimum Gasteiger partial charge on any atom is -0.480 e. The van der Waals surface area contributed by atoms with Gasteiger partial charge in [0.15, 0.2) is 6.10 Å². The highest BCUT2D eigenvalue weighted by atomic mass is 32.1. The van der Waals surface area contributed by atoms with Gasteiger partial charge in [0.1, 0.15) is 19.3 Å². The van der Waals surface area contributed by atoms with Gasteiger partial charge in [0.25, 0.3) is 0 Å². The number of carbonyl (C=O) groups excluding carboxylic acids is 3. The summed E-state index contributed by atoms with van der Waals surface area (Å²) in [6, 6.07) is 14.6. The zero-order chi connectivity index (χ0) is 45.3. The van der Waals surface area contributed by atoms with Crippen LogP contribution < -0.4 is 0 Å². The number of esters is 2. The molecule has 10 heteroatoms. The number of nitrogens with zero attached hydrogens (tertiary/aromatic N) is 1. The van der Waals surface area contributed by atoms with Gasteiger partial charge >= 0.3 is 24.0 Å². The fourth-order valence-corrected chi connectivity index (χ4v) is 9.09. The predicted molar refractivity (Wildman–Crippen MR) is 259 cm³/mol. The highest BCUT2D eigenvalue weighted by Crippen LogP contribution is 2.44. The van der Waals surface area contributed by atoms with E-state index in [0.29, 0.717) is 12.8 Å². The monoisotopic (exact) mass is 894 g/mol. The van der Waals surface area contributed by atoms with Crippen LogP contribution in [-0.4, -0.2) is 71.7 Å². The van der Waals surface area contributed by atoms with Gasteiger partial charge in [-0.15, -0.1) is 0 Å². The first-order valence-corrected chi connectivity index (χ1v) is 25.7. The number of fused-ring (bicyclic) bond motifs is 3. The number of carboxylic acids is 1. The SMILES string of the molecule is CCCCCCCCCCCCCCCC(=O)OC[C@@H](CN(C(=O)OCC1c2ccccc2-c2ccccc21)[C@@H](CS)C(=O)O)OC(=O)CCCCCCCCCCCCCCC. The van der Waals surface area contributed by atoms with Gasteiger partial charge in [-0.25, -0.2) is 9.59 Å². The van der Waals surface area contributed by atoms with E-state index in [-0.39, 0.29) is 44.3 Å². The van der Waals surface area contributed by atoms with E-state index < -0.39 is 36.1 Å². The van der Waals surface area contributed by atoms with Crippen molar-refractivity contribution < 1.29 is 38.5 Å². The van der Waals surface area contributed by atoms with Crippen LogP contribution >= 0.6 is 12.6 Å². The molecule has 0 saturated heterocycles. The van der Waals surface area contributed by atoms with Crippen molar-refractivity contribution in [3.05, 3.63) is 59.7 Å². The first-order valence-electron chi connectivity index (χ1n) is 25.1. The molecule has 0 heterocycles. The Morgan fingerprint density at radius 3 is 1.38 bits per heavy atom. The third-order valence-corrected chi connectivity index (χ3v) is 12.8. The molecule has 0 unspecified atom stereocenters. The van der Waals surface area contributed by atoms with Gasteiger partial charge in [0.2, 0.25) is 0 Å². The molecule has 3 rings (SSSR count). The Bertz CT molecular complexity index is 1520. The Kier molecular flexibility index (Phi) is 29.0. The number of hydrogen-bond donors (Lipinski definition) is 2. The fraction of sp³-hybridized carbons (Fsp3) is 0.698. The molecule has 2 aromatic carbocycles. The molecule has 354 valence electrons. The van der Waals surface area contributed by atoms with Crippen LogP contribution in [0.2, 0.25) is 0 Å². The summed E-state index contributed by atoms with van der Waals surface area (Å²) in [7, 11) is 0. The van der Waals surface area contributed by atoms with Gasteiger partial charge < -0.3 is 19.3 Å². The van der Waals surface area contributed by atoms with Gasteiger partial charge in [-0.1, -0.05) is 216 Å². The first-order chi connectivity index (χ1) is 30.8. The molecule has 0 fully saturated rings. The maximum atomic E-state index is 13.9. The zero-order valence-corrected chi connectivity index (χ0v) is 40.1. The second-order valence-electron chi connectivity index (χ2n) is 17.8. The summed E-state index contributed by atoms with van der Waals surface area (Å²) in [6.07, 6.45) is 29.5. The van der Waals surface area contributed by atoms with Crippen LogP contribution in [0.4, 0.5) is 4.79 Å². The van der Waals surface area contributed by atoms with Crippen LogP contribution in [0.15, 0.2) is 48.5 Å². The summed E-state index contributed by atoms with van der Waals surface area (Å²) in [5.41, 5.74) is 4.19. The second kappa shape index (κ2) is 33.9. The molecule has 2 atom stereocenters. The molecule has 63 heavy (non-hydrogen) atoms. The lowest BCUT2D eigenvalue weighted by Gasteiger charge is -2.31. The van der Waals surface area contributed by atoms with Crippen molar-refractivity contribution in [2.24, 2.45) is 0 Å². The summed E-state index contributed by atoms with van der Waals surface area (Å²) in [4.78, 5) is 53.6. The Balaban J connectivity index is 1.53. The molecule has 0 aromatic heterocycles. The Morgan fingerprint density at radius 2 is 0.968 bits per heavy atom. The molecule has 2 aromatic rings. The van der Waals surface area contributed by atoms with Crippen LogP contribution in [0.5, 0.6) is 0 Å². The average molecular weight is 894 g/mol. The lowest BCUT2D eigenvalue weighted by molar-refractivity contribution is -0.161. The number of carbonyl (C=O) groups is 4. The summed E-state index contributed by atoms with van der Waals surface area (Å²) in [5, 5.41) is 10.2. The van der Waals surface area contributed by atoms with Crippen LogP contribution in [0, 0.1) is 0 Å². The molecule has 9 nitrogen and oxygen atoms in total. The van der Waals surface area contributed by atoms with E-state index in [2.05, 4.69) is 26.5 Å². The smallest absolute Gasteiger partial charge is 0.410 e. The van der Waals surface area contributed by atoms with Crippen LogP contribution in [0.3, 0.4) is 0 Å². The lowest BCUT2D eigenvalue weighted by Crippen LogP contribution is -2.51. The number of rotatable bonds is 38. The number of unbranched alkanes of at least 4 members (excludes halogenated alkanes) is 24. The molecule has 1 aliphatic carbocycles. The van der Waals surface area contributed by atoms with E-state index in [0.717, 1.165) is 65.7 Å². The number of benzene rings is 2. The van der Waals surface area contributed by atoms with E-state index in [4.69, 9.17) is 14.2 Å². The van der Waals surface area contributed by atoms with Gasteiger partial charge in [0.05, 0.1) is 6.54 Å². The van der Waals surface area contributed by atoms with Crippen LogP contribution in [0.1, 0.15) is 211 Å². The van der Waals surface area contributed by atoms with Gasteiger partial charge in [-0.3, -0.25) is 14.5 Å². The molecule has 1 amide bonds. The van der Waals surface area contributed by atoms with Gasteiger partial charge in [-0.05, 0) is 35.1 Å². The largest absolute Gasteiger partial charge is 0.480 e. The summed E-state index contributed by atoms with van der Waals surface area (Å²) in [6.45, 7) is 3.85. The predicted octanol–water partition coefficient (Wildman–Crippen LogP) is 14.0. The maximum Gasteiger partial charge on any atom is 0.410 e. The Labute approximate surface area is 386 Å². The van der Waals surface area contributed by atoms with Crippen LogP contribution in [-0.2, 0) is 28.6 Å². The molecule has 0 radical (unpaired) electrons. The number of amides is 1. The molecule has 1 aliphatic rings. The van der Waals surface area contributed by atoms with E-state index in [1.54, 1.807) is 0 Å². The van der Waals surface area contributed by atoms with Gasteiger partial charge in [-0.2, -0.15) is 12.6 Å². The fourth-order valence-electron chi connectivity index (χ4n) is 8.74. The molecule has 0 saturated carbocycles. The molecule has 0 bridgehead atoms. The third kappa shape index (κ3) is 21.8. The van der Waals surface area contributed by atoms with Gasteiger partial charge in [0, 0.05) is 24.5 Å². The zero-order valence-electron chi connectivity index (χ0n) is 39.2. The number of carboxylic acid groups (broad SMARTS) is 1. The highest BCUT2D eigenvalue weighted by Gasteiger charge is 2.35. The van der Waals surface area contributed by atoms with E-state index in [1.807, 2.05) is 48.5 Å². The average Bonchev–Trinajstić information content (AvgIpc) is 3.60. The van der Waals surface area contributed by atoms with Crippen molar-refractivity contribution in [1.82, 2.24) is 4.90 Å². The van der Waals surface area contributed by atoms with Crippen molar-refractivity contribution in [3.8, 4) is 11.1 Å². The molecular formula is C53H83NO8S. The second-order valence-corrected chi connectivity index (χ2v) is 18.1. The van der Waals surface area contributed by atoms with Crippen molar-refractivity contribution in [2.75, 3.05) is 25.5 Å². The minimum atomic E-state index is -1.37. The number of ether oxygens (including phenoxy) is 3. The highest BCUT2D eigenvalue weighted by molar-refractivity contribution is 7.80. The molecule has 0 aliphatic heterocycles. The molecule has 0 spiro atoms. The van der Waals surface area contributed by atoms with Crippen LogP contribution in [0.25, 0.3) is 11.1 Å². The van der Waals surface area contributed by atoms with Crippen molar-refractivity contribution in [1.29, 1.82) is 0 Å². The lowest BCUT2D eigenvalue weighted by atomic mass is 9.98. The standard InChI is InChI=1S/C53H83NO8S/c1-3-5-7-9-11-13-15-17-19-21-23-25-27-37-50(55)60-40-43(62-51(56)38-28-26-24-22-20-18-16-14-12-10-8-6-4-2)39-54(49(42-63)52(57)58)53(59)61-41-48-46-35-31-29-33-44(46)45-34-30-32-36-47(45)48/h29-36,43,48-49,63H,3-28,37-42H2,1-2H3,(H,57,58)/t43-,49+/m1/s1. The minimum absolute atomic E-state index is 0.0140. The summed E-state index contributed by atoms with van der Waals surface area (Å²) in [5.74, 6) is -2.58. The summed E-state index contributed by atoms with van der Waals surface area (Å²) < 4.78 is 17.4. The van der Waals surface area contributed by atoms with E-state index in [1.165, 1.54) is 116 Å². The number of hydrogen-bond acceptors (Lipinski definition) is 8. The molecule has 1 N–H and O–H groups in total. The topological polar surface area (TPSA) is 119 Å². The first kappa shape index (κ1) is 53.8. The molecular weight excluding hydrogens is 811 g/mol. The normalized spacial score (nSPS) is 12.9. The number of thiol groups is 1. The van der Waals surface area contributed by atoms with E-state index in [9.17, 15) is 24.3 Å². The van der Waals surface area contributed by atoms with Crippen molar-refractivity contribution in [2.45, 2.75) is 212 Å². The quantitative estimate of drug-likeness (QED) is 0.0296. The Morgan fingerprint density at radius 1 is 0.571 bits per heavy atom. The van der Waals surface area contributed by atoms with E-state index >= 15 is 0 Å². The Hall–Kier alpha value is -3.53. The number of aliphatic carboxylic acids is 1. The van der Waals surface area contributed by atoms with Crippen molar-refractivity contribution >= 4 is 36.6 Å². The third-order valence-electron chi connectivity index (χ3n) is 12.5. The summed E-state index contributed by atoms with van der Waals surface area (Å²) >= 11 is 4.28.